The topological polar surface area (TPSA) is 52.7 Å². The Bertz CT molecular complexity index is 895. The highest BCUT2D eigenvalue weighted by atomic mass is 35.5. The molecule has 2 aromatic carbocycles. The number of rotatable bonds is 3. The molecular weight excluding hydrogens is 381 g/mol. The van der Waals surface area contributed by atoms with Gasteiger partial charge in [0.15, 0.2) is 0 Å². The molecule has 5 nitrogen and oxygen atoms in total. The van der Waals surface area contributed by atoms with Crippen LogP contribution in [0.15, 0.2) is 42.5 Å². The zero-order chi connectivity index (χ0) is 19.7. The minimum atomic E-state index is -0.469. The van der Waals surface area contributed by atoms with Crippen LogP contribution in [0.2, 0.25) is 5.02 Å². The van der Waals surface area contributed by atoms with Crippen LogP contribution in [-0.4, -0.2) is 38.0 Å². The molecular formula is C21H21ClFN3O2. The van der Waals surface area contributed by atoms with Gasteiger partial charge in [-0.05, 0) is 48.4 Å². The molecule has 2 heterocycles. The Labute approximate surface area is 168 Å². The Kier molecular flexibility index (Phi) is 5.22. The molecule has 0 spiro atoms. The lowest BCUT2D eigenvalue weighted by Crippen LogP contribution is -2.46. The van der Waals surface area contributed by atoms with Crippen molar-refractivity contribution in [2.75, 3.05) is 36.0 Å². The lowest BCUT2D eigenvalue weighted by molar-refractivity contribution is -0.134. The van der Waals surface area contributed by atoms with Crippen molar-refractivity contribution in [3.63, 3.8) is 0 Å². The first-order valence-electron chi connectivity index (χ1n) is 9.40. The number of nitrogens with zero attached hydrogens (tertiary/aromatic N) is 2. The van der Waals surface area contributed by atoms with Crippen LogP contribution in [0.25, 0.3) is 0 Å². The number of carbonyl (C=O) groups excluding carboxylic acids is 2. The molecule has 0 saturated carbocycles. The summed E-state index contributed by atoms with van der Waals surface area (Å²) in [6, 6.07) is 12.7. The Hall–Kier alpha value is -2.60. The highest BCUT2D eigenvalue weighted by Gasteiger charge is 2.29. The average Bonchev–Trinajstić information content (AvgIpc) is 2.69. The van der Waals surface area contributed by atoms with Crippen molar-refractivity contribution in [1.82, 2.24) is 5.32 Å². The van der Waals surface area contributed by atoms with Gasteiger partial charge in [0.25, 0.3) is 0 Å². The van der Waals surface area contributed by atoms with Crippen LogP contribution >= 0.6 is 11.6 Å². The third-order valence-corrected chi connectivity index (χ3v) is 5.68. The molecule has 2 aliphatic rings. The number of hydrogen-bond donors (Lipinski definition) is 1. The number of piperazine rings is 1. The standard InChI is InChI=1S/C21H21ClFN3O2/c22-15-2-4-16(5-3-15)25-9-11-26(12-10-25)19-7-1-14(13-18(19)23)17-6-8-20(27)24-21(17)28/h1-5,7,13,17H,6,8-12H2,(H,24,27,28). The minimum Gasteiger partial charge on any atom is -0.368 e. The lowest BCUT2D eigenvalue weighted by atomic mass is 9.90. The number of hydrogen-bond acceptors (Lipinski definition) is 4. The summed E-state index contributed by atoms with van der Waals surface area (Å²) in [6.45, 7) is 2.99. The van der Waals surface area contributed by atoms with Gasteiger partial charge in [-0.3, -0.25) is 14.9 Å². The zero-order valence-electron chi connectivity index (χ0n) is 15.3. The molecule has 1 unspecified atom stereocenters. The Morgan fingerprint density at radius 1 is 0.964 bits per heavy atom. The molecule has 0 bridgehead atoms. The summed E-state index contributed by atoms with van der Waals surface area (Å²) in [7, 11) is 0. The Balaban J connectivity index is 1.43. The fourth-order valence-corrected chi connectivity index (χ4v) is 3.99. The molecule has 1 atom stereocenters. The average molecular weight is 402 g/mol. The summed E-state index contributed by atoms with van der Waals surface area (Å²) in [5.41, 5.74) is 2.27. The fraction of sp³-hybridized carbons (Fsp3) is 0.333. The summed E-state index contributed by atoms with van der Waals surface area (Å²) in [6.07, 6.45) is 0.704. The number of carbonyl (C=O) groups is 2. The van der Waals surface area contributed by atoms with Crippen LogP contribution in [0.4, 0.5) is 15.8 Å². The summed E-state index contributed by atoms with van der Waals surface area (Å²) < 4.78 is 14.8. The predicted octanol–water partition coefficient (Wildman–Crippen LogP) is 3.33. The van der Waals surface area contributed by atoms with E-state index in [2.05, 4.69) is 10.2 Å². The van der Waals surface area contributed by atoms with Crippen LogP contribution < -0.4 is 15.1 Å². The monoisotopic (exact) mass is 401 g/mol. The van der Waals surface area contributed by atoms with Crippen molar-refractivity contribution in [1.29, 1.82) is 0 Å². The number of nitrogens with one attached hydrogen (secondary N) is 1. The van der Waals surface area contributed by atoms with Gasteiger partial charge < -0.3 is 9.80 Å². The second kappa shape index (κ2) is 7.80. The van der Waals surface area contributed by atoms with E-state index in [1.54, 1.807) is 12.1 Å². The first-order valence-corrected chi connectivity index (χ1v) is 9.77. The Morgan fingerprint density at radius 2 is 1.64 bits per heavy atom. The maximum atomic E-state index is 14.8. The van der Waals surface area contributed by atoms with Gasteiger partial charge in [0.1, 0.15) is 5.82 Å². The number of piperidine rings is 1. The van der Waals surface area contributed by atoms with Crippen LogP contribution in [-0.2, 0) is 9.59 Å². The maximum absolute atomic E-state index is 14.8. The van der Waals surface area contributed by atoms with Crippen molar-refractivity contribution >= 4 is 34.8 Å². The van der Waals surface area contributed by atoms with Crippen LogP contribution in [0.1, 0.15) is 24.3 Å². The second-order valence-corrected chi connectivity index (χ2v) is 7.60. The third-order valence-electron chi connectivity index (χ3n) is 5.43. The van der Waals surface area contributed by atoms with Gasteiger partial charge in [0.2, 0.25) is 11.8 Å². The SMILES string of the molecule is O=C1CCC(c2ccc(N3CCN(c4ccc(Cl)cc4)CC3)c(F)c2)C(=O)N1. The van der Waals surface area contributed by atoms with Crippen LogP contribution in [0.3, 0.4) is 0 Å². The molecule has 2 aromatic rings. The van der Waals surface area contributed by atoms with Crippen LogP contribution in [0, 0.1) is 5.82 Å². The largest absolute Gasteiger partial charge is 0.368 e. The molecule has 0 radical (unpaired) electrons. The van der Waals surface area contributed by atoms with Crippen LogP contribution in [0.5, 0.6) is 0 Å². The molecule has 2 fully saturated rings. The fourth-order valence-electron chi connectivity index (χ4n) is 3.87. The molecule has 2 amide bonds. The first kappa shape index (κ1) is 18.7. The molecule has 0 aliphatic carbocycles. The first-order chi connectivity index (χ1) is 13.5. The van der Waals surface area contributed by atoms with E-state index in [-0.39, 0.29) is 24.1 Å². The van der Waals surface area contributed by atoms with E-state index < -0.39 is 5.92 Å². The molecule has 0 aromatic heterocycles. The number of imide groups is 1. The highest BCUT2D eigenvalue weighted by molar-refractivity contribution is 6.30. The van der Waals surface area contributed by atoms with E-state index in [9.17, 15) is 14.0 Å². The molecule has 1 N–H and O–H groups in total. The number of benzene rings is 2. The van der Waals surface area contributed by atoms with Crippen molar-refractivity contribution in [3.05, 3.63) is 58.9 Å². The summed E-state index contributed by atoms with van der Waals surface area (Å²) >= 11 is 5.95. The summed E-state index contributed by atoms with van der Waals surface area (Å²) in [5, 5.41) is 3.03. The zero-order valence-corrected chi connectivity index (χ0v) is 16.1. The van der Waals surface area contributed by atoms with E-state index in [1.165, 1.54) is 6.07 Å². The van der Waals surface area contributed by atoms with E-state index in [4.69, 9.17) is 11.6 Å². The third kappa shape index (κ3) is 3.83. The number of halogens is 2. The molecule has 4 rings (SSSR count). The summed E-state index contributed by atoms with van der Waals surface area (Å²) in [5.74, 6) is -1.41. The normalized spacial score (nSPS) is 20.3. The highest BCUT2D eigenvalue weighted by Crippen LogP contribution is 2.30. The number of anilines is 2. The maximum Gasteiger partial charge on any atom is 0.234 e. The van der Waals surface area contributed by atoms with E-state index in [0.29, 0.717) is 35.8 Å². The quantitative estimate of drug-likeness (QED) is 0.801. The molecule has 7 heteroatoms. The minimum absolute atomic E-state index is 0.267. The van der Waals surface area contributed by atoms with Gasteiger partial charge in [0.05, 0.1) is 11.6 Å². The van der Waals surface area contributed by atoms with Gasteiger partial charge in [0, 0.05) is 43.3 Å². The molecule has 2 aliphatic heterocycles. The van der Waals surface area contributed by atoms with Crippen molar-refractivity contribution in [2.45, 2.75) is 18.8 Å². The van der Waals surface area contributed by atoms with E-state index in [0.717, 1.165) is 18.8 Å². The lowest BCUT2D eigenvalue weighted by Gasteiger charge is -2.37. The van der Waals surface area contributed by atoms with Crippen molar-refractivity contribution < 1.29 is 14.0 Å². The Morgan fingerprint density at radius 3 is 2.29 bits per heavy atom. The van der Waals surface area contributed by atoms with Crippen molar-refractivity contribution in [3.8, 4) is 0 Å². The second-order valence-electron chi connectivity index (χ2n) is 7.17. The smallest absolute Gasteiger partial charge is 0.234 e. The van der Waals surface area contributed by atoms with Crippen molar-refractivity contribution in [2.24, 2.45) is 0 Å². The van der Waals surface area contributed by atoms with Gasteiger partial charge in [-0.15, -0.1) is 0 Å². The summed E-state index contributed by atoms with van der Waals surface area (Å²) in [4.78, 5) is 27.6. The predicted molar refractivity (Wildman–Crippen MR) is 107 cm³/mol. The van der Waals surface area contributed by atoms with Gasteiger partial charge in [-0.1, -0.05) is 17.7 Å². The van der Waals surface area contributed by atoms with E-state index >= 15 is 0 Å². The number of amides is 2. The molecule has 28 heavy (non-hydrogen) atoms. The van der Waals surface area contributed by atoms with Gasteiger partial charge >= 0.3 is 0 Å². The van der Waals surface area contributed by atoms with E-state index in [1.807, 2.05) is 29.2 Å². The van der Waals surface area contributed by atoms with Gasteiger partial charge in [-0.25, -0.2) is 4.39 Å². The van der Waals surface area contributed by atoms with Gasteiger partial charge in [-0.2, -0.15) is 0 Å². The molecule has 2 saturated heterocycles. The molecule has 146 valence electrons.